The zero-order valence-corrected chi connectivity index (χ0v) is 7.52. The molecular weight excluding hydrogens is 127 g/mol. The van der Waals surface area contributed by atoms with Gasteiger partial charge in [-0.2, -0.15) is 0 Å². The highest BCUT2D eigenvalue weighted by Crippen LogP contribution is 1.76. The molecule has 0 amide bonds. The summed E-state index contributed by atoms with van der Waals surface area (Å²) in [4.78, 5) is 0. The van der Waals surface area contributed by atoms with E-state index in [1.54, 1.807) is 6.08 Å². The second-order valence-corrected chi connectivity index (χ2v) is 1.18. The lowest BCUT2D eigenvalue weighted by atomic mass is 10.5. The molecule has 1 heteroatoms. The van der Waals surface area contributed by atoms with Crippen LogP contribution in [0.3, 0.4) is 0 Å². The summed E-state index contributed by atoms with van der Waals surface area (Å²) < 4.78 is 10.8. The summed E-state index contributed by atoms with van der Waals surface area (Å²) in [5.41, 5.74) is 0. The third kappa shape index (κ3) is 153. The Bertz CT molecular complexity index is 55.7. The highest BCUT2D eigenvalue weighted by atomic mass is 19.1. The Hall–Kier alpha value is -0.590. The molecule has 0 aromatic heterocycles. The number of hydrogen-bond donors (Lipinski definition) is 0. The van der Waals surface area contributed by atoms with Gasteiger partial charge in [0.25, 0.3) is 0 Å². The fourth-order valence-corrected chi connectivity index (χ4v) is 0.0891. The predicted octanol–water partition coefficient (Wildman–Crippen LogP) is 4.10. The van der Waals surface area contributed by atoms with E-state index in [0.717, 1.165) is 6.42 Å². The first-order chi connectivity index (χ1) is 4.83. The molecule has 0 atom stereocenters. The Morgan fingerprint density at radius 2 is 1.70 bits per heavy atom. The van der Waals surface area contributed by atoms with Crippen molar-refractivity contribution in [3.05, 3.63) is 25.1 Å². The van der Waals surface area contributed by atoms with Gasteiger partial charge in [-0.1, -0.05) is 32.9 Å². The van der Waals surface area contributed by atoms with Gasteiger partial charge in [0.15, 0.2) is 0 Å². The normalized spacial score (nSPS) is 6.90. The highest BCUT2D eigenvalue weighted by Gasteiger charge is 1.55. The maximum Gasteiger partial charge on any atom is 0.0826 e. The lowest BCUT2D eigenvalue weighted by molar-refractivity contribution is 0.715. The van der Waals surface area contributed by atoms with Gasteiger partial charge in [-0.3, -0.25) is 0 Å². The van der Waals surface area contributed by atoms with E-state index in [9.17, 15) is 4.39 Å². The Kier molecular flexibility index (Phi) is 64.3. The summed E-state index contributed by atoms with van der Waals surface area (Å²) >= 11 is 0. The van der Waals surface area contributed by atoms with Crippen molar-refractivity contribution in [1.82, 2.24) is 0 Å². The van der Waals surface area contributed by atoms with Crippen LogP contribution in [-0.4, -0.2) is 0 Å². The highest BCUT2D eigenvalue weighted by molar-refractivity contribution is 4.67. The summed E-state index contributed by atoms with van der Waals surface area (Å²) in [6.07, 6.45) is 4.55. The standard InChI is InChI=1S/C4H7F.C3H6.C2H6/c1-2-3-4-5;1-3-2;1-2/h3-4H,2H2,1H3;3H,1H2,2H3;1-2H3/b4-3+;;. The molecule has 0 saturated carbocycles. The fourth-order valence-electron chi connectivity index (χ4n) is 0.0891. The zero-order chi connectivity index (χ0) is 8.83. The van der Waals surface area contributed by atoms with E-state index >= 15 is 0 Å². The van der Waals surface area contributed by atoms with Gasteiger partial charge in [-0.15, -0.1) is 6.58 Å². The maximum atomic E-state index is 10.8. The average Bonchev–Trinajstić information content (AvgIpc) is 1.96. The molecule has 0 N–H and O–H groups in total. The molecule has 10 heavy (non-hydrogen) atoms. The molecule has 0 bridgehead atoms. The lowest BCUT2D eigenvalue weighted by Gasteiger charge is -1.62. The van der Waals surface area contributed by atoms with Gasteiger partial charge in [-0.05, 0) is 13.3 Å². The molecular formula is C9H19F. The van der Waals surface area contributed by atoms with Crippen molar-refractivity contribution in [3.8, 4) is 0 Å². The van der Waals surface area contributed by atoms with Crippen LogP contribution >= 0.6 is 0 Å². The van der Waals surface area contributed by atoms with Crippen LogP contribution in [0.25, 0.3) is 0 Å². The molecule has 0 radical (unpaired) electrons. The second kappa shape index (κ2) is 39.7. The SMILES string of the molecule is C=CC.CC.CC/C=C/F. The number of allylic oxidation sites excluding steroid dienone is 2. The molecule has 0 aromatic carbocycles. The third-order valence-electron chi connectivity index (χ3n) is 0.325. The van der Waals surface area contributed by atoms with E-state index in [-0.39, 0.29) is 0 Å². The van der Waals surface area contributed by atoms with Gasteiger partial charge >= 0.3 is 0 Å². The molecule has 0 aliphatic carbocycles. The maximum absolute atomic E-state index is 10.8. The van der Waals surface area contributed by atoms with Crippen LogP contribution < -0.4 is 0 Å². The first-order valence-corrected chi connectivity index (χ1v) is 3.65. The van der Waals surface area contributed by atoms with Crippen LogP contribution in [0.1, 0.15) is 34.1 Å². The van der Waals surface area contributed by atoms with Crippen molar-refractivity contribution in [2.45, 2.75) is 34.1 Å². The topological polar surface area (TPSA) is 0 Å². The summed E-state index contributed by atoms with van der Waals surface area (Å²) in [6, 6.07) is 0. The molecule has 0 aliphatic heterocycles. The zero-order valence-electron chi connectivity index (χ0n) is 7.52. The number of halogens is 1. The van der Waals surface area contributed by atoms with Crippen molar-refractivity contribution >= 4 is 0 Å². The lowest BCUT2D eigenvalue weighted by Crippen LogP contribution is -1.42. The molecule has 0 fully saturated rings. The van der Waals surface area contributed by atoms with Gasteiger partial charge in [0, 0.05) is 0 Å². The smallest absolute Gasteiger partial charge is 0.0826 e. The van der Waals surface area contributed by atoms with E-state index in [1.165, 1.54) is 6.08 Å². The molecule has 62 valence electrons. The molecule has 0 saturated heterocycles. The molecule has 0 heterocycles. The van der Waals surface area contributed by atoms with Crippen molar-refractivity contribution in [1.29, 1.82) is 0 Å². The van der Waals surface area contributed by atoms with Gasteiger partial charge < -0.3 is 0 Å². The Morgan fingerprint density at radius 3 is 1.70 bits per heavy atom. The van der Waals surface area contributed by atoms with Crippen molar-refractivity contribution in [3.63, 3.8) is 0 Å². The summed E-state index contributed by atoms with van der Waals surface area (Å²) in [5, 5.41) is 0. The minimum absolute atomic E-state index is 0.556. The van der Waals surface area contributed by atoms with Gasteiger partial charge in [-0.25, -0.2) is 4.39 Å². The van der Waals surface area contributed by atoms with E-state index in [0.29, 0.717) is 6.33 Å². The van der Waals surface area contributed by atoms with E-state index in [2.05, 4.69) is 6.58 Å². The second-order valence-electron chi connectivity index (χ2n) is 1.18. The first-order valence-electron chi connectivity index (χ1n) is 3.65. The van der Waals surface area contributed by atoms with Crippen LogP contribution in [0.15, 0.2) is 25.1 Å². The Balaban J connectivity index is -0.0000000847. The van der Waals surface area contributed by atoms with Gasteiger partial charge in [0.2, 0.25) is 0 Å². The number of rotatable bonds is 1. The predicted molar refractivity (Wildman–Crippen MR) is 47.8 cm³/mol. The summed E-state index contributed by atoms with van der Waals surface area (Å²) in [5.74, 6) is 0. The molecule has 0 aliphatic rings. The van der Waals surface area contributed by atoms with Gasteiger partial charge in [0.05, 0.1) is 6.33 Å². The van der Waals surface area contributed by atoms with Crippen LogP contribution in [0, 0.1) is 0 Å². The van der Waals surface area contributed by atoms with Crippen LogP contribution in [0.5, 0.6) is 0 Å². The third-order valence-corrected chi connectivity index (χ3v) is 0.325. The van der Waals surface area contributed by atoms with Crippen molar-refractivity contribution in [2.75, 3.05) is 0 Å². The average molecular weight is 146 g/mol. The molecule has 0 nitrogen and oxygen atoms in total. The van der Waals surface area contributed by atoms with Crippen LogP contribution in [-0.2, 0) is 0 Å². The molecule has 0 unspecified atom stereocenters. The fraction of sp³-hybridized carbons (Fsp3) is 0.556. The van der Waals surface area contributed by atoms with Crippen LogP contribution in [0.4, 0.5) is 4.39 Å². The van der Waals surface area contributed by atoms with Gasteiger partial charge in [0.1, 0.15) is 0 Å². The molecule has 0 spiro atoms. The Morgan fingerprint density at radius 1 is 1.40 bits per heavy atom. The summed E-state index contributed by atoms with van der Waals surface area (Å²) in [7, 11) is 0. The molecule has 0 rings (SSSR count). The van der Waals surface area contributed by atoms with E-state index in [4.69, 9.17) is 0 Å². The first kappa shape index (κ1) is 16.2. The number of hydrogen-bond acceptors (Lipinski definition) is 0. The summed E-state index contributed by atoms with van der Waals surface area (Å²) in [6.45, 7) is 11.1. The Labute approximate surface area is 64.5 Å². The van der Waals surface area contributed by atoms with Crippen LogP contribution in [0.2, 0.25) is 0 Å². The quantitative estimate of drug-likeness (QED) is 0.488. The molecule has 0 aromatic rings. The van der Waals surface area contributed by atoms with E-state index < -0.39 is 0 Å². The van der Waals surface area contributed by atoms with Crippen molar-refractivity contribution < 1.29 is 4.39 Å². The monoisotopic (exact) mass is 146 g/mol. The largest absolute Gasteiger partial charge is 0.216 e. The van der Waals surface area contributed by atoms with Crippen molar-refractivity contribution in [2.24, 2.45) is 0 Å². The van der Waals surface area contributed by atoms with E-state index in [1.807, 2.05) is 27.7 Å². The minimum atomic E-state index is 0.556. The minimum Gasteiger partial charge on any atom is -0.216 e.